The molecule has 2 N–H and O–H groups in total. The molecule has 1 aliphatic heterocycles. The number of hydrogen-bond acceptors (Lipinski definition) is 10. The van der Waals surface area contributed by atoms with Gasteiger partial charge >= 0.3 is 5.97 Å². The van der Waals surface area contributed by atoms with Crippen LogP contribution >= 0.6 is 0 Å². The summed E-state index contributed by atoms with van der Waals surface area (Å²) in [5.74, 6) is 2.86. The number of rotatable bonds is 11. The molecule has 0 amide bonds. The molecule has 1 aliphatic rings. The molecule has 11 heteroatoms. The number of carboxylic acids is 1. The van der Waals surface area contributed by atoms with Crippen LogP contribution in [0.4, 0.5) is 17.5 Å². The minimum atomic E-state index is -1.05. The van der Waals surface area contributed by atoms with Gasteiger partial charge < -0.3 is 29.5 Å². The summed E-state index contributed by atoms with van der Waals surface area (Å²) in [7, 11) is 0. The monoisotopic (exact) mass is 570 g/mol. The van der Waals surface area contributed by atoms with E-state index in [9.17, 15) is 9.90 Å². The third-order valence-electron chi connectivity index (χ3n) is 6.93. The van der Waals surface area contributed by atoms with Crippen molar-refractivity contribution in [1.82, 2.24) is 19.9 Å². The molecular weight excluding hydrogens is 536 g/mol. The third-order valence-corrected chi connectivity index (χ3v) is 6.93. The van der Waals surface area contributed by atoms with Gasteiger partial charge in [-0.3, -0.25) is 9.78 Å². The minimum absolute atomic E-state index is 0.0682. The molecular formula is C31H34N6O5. The van der Waals surface area contributed by atoms with Gasteiger partial charge in [0, 0.05) is 18.8 Å². The summed E-state index contributed by atoms with van der Waals surface area (Å²) < 4.78 is 17.8. The summed E-state index contributed by atoms with van der Waals surface area (Å²) in [4.78, 5) is 31.9. The maximum Gasteiger partial charge on any atom is 0.313 e. The molecule has 11 nitrogen and oxygen atoms in total. The number of nitrogens with zero attached hydrogens (tertiary/aromatic N) is 5. The Kier molecular flexibility index (Phi) is 8.66. The van der Waals surface area contributed by atoms with Gasteiger partial charge in [-0.15, -0.1) is 0 Å². The lowest BCUT2D eigenvalue weighted by atomic mass is 9.85. The highest BCUT2D eigenvalue weighted by atomic mass is 16.5. The molecule has 1 fully saturated rings. The van der Waals surface area contributed by atoms with Gasteiger partial charge in [-0.05, 0) is 69.5 Å². The number of nitrogens with one attached hydrogen (secondary N) is 1. The Morgan fingerprint density at radius 2 is 1.95 bits per heavy atom. The van der Waals surface area contributed by atoms with E-state index in [1.165, 1.54) is 0 Å². The van der Waals surface area contributed by atoms with E-state index in [4.69, 9.17) is 19.2 Å². The molecule has 0 bridgehead atoms. The average Bonchev–Trinajstić information content (AvgIpc) is 2.99. The van der Waals surface area contributed by atoms with E-state index < -0.39 is 11.4 Å². The van der Waals surface area contributed by atoms with E-state index >= 15 is 0 Å². The van der Waals surface area contributed by atoms with E-state index in [0.29, 0.717) is 53.6 Å². The second-order valence-corrected chi connectivity index (χ2v) is 10.4. The molecule has 3 aromatic heterocycles. The predicted molar refractivity (Wildman–Crippen MR) is 158 cm³/mol. The highest BCUT2D eigenvalue weighted by Gasteiger charge is 2.29. The number of hydrogen-bond donors (Lipinski definition) is 2. The van der Waals surface area contributed by atoms with Crippen LogP contribution in [0.25, 0.3) is 0 Å². The van der Waals surface area contributed by atoms with Crippen LogP contribution in [0.5, 0.6) is 23.3 Å². The Morgan fingerprint density at radius 1 is 1.10 bits per heavy atom. The van der Waals surface area contributed by atoms with Crippen LogP contribution in [0.2, 0.25) is 0 Å². The molecule has 0 radical (unpaired) electrons. The van der Waals surface area contributed by atoms with Gasteiger partial charge in [-0.2, -0.15) is 4.98 Å². The minimum Gasteiger partial charge on any atom is -0.488 e. The Labute approximate surface area is 244 Å². The molecule has 1 unspecified atom stereocenters. The van der Waals surface area contributed by atoms with Crippen LogP contribution in [0.1, 0.15) is 39.2 Å². The number of pyridine rings is 2. The molecule has 1 saturated heterocycles. The number of anilines is 3. The summed E-state index contributed by atoms with van der Waals surface area (Å²) in [6.07, 6.45) is 6.84. The molecule has 4 heterocycles. The van der Waals surface area contributed by atoms with Crippen LogP contribution < -0.4 is 24.4 Å². The average molecular weight is 571 g/mol. The SMILES string of the molecule is CCOc1cccnc1OC1CCCN(c2cncc(Nc3cccc(Oc4cccc(C(C)(C)C(=O)O)c4)n3)n2)C1. The number of benzene rings is 1. The van der Waals surface area contributed by atoms with E-state index in [-0.39, 0.29) is 6.10 Å². The zero-order chi connectivity index (χ0) is 29.5. The van der Waals surface area contributed by atoms with Crippen molar-refractivity contribution in [1.29, 1.82) is 0 Å². The normalized spacial score (nSPS) is 15.1. The molecule has 42 heavy (non-hydrogen) atoms. The predicted octanol–water partition coefficient (Wildman–Crippen LogP) is 5.61. The van der Waals surface area contributed by atoms with Crippen LogP contribution in [0.3, 0.4) is 0 Å². The second-order valence-electron chi connectivity index (χ2n) is 10.4. The van der Waals surface area contributed by atoms with Crippen LogP contribution in [0.15, 0.2) is 73.2 Å². The van der Waals surface area contributed by atoms with Crippen molar-refractivity contribution in [2.45, 2.75) is 45.1 Å². The van der Waals surface area contributed by atoms with Crippen molar-refractivity contribution < 1.29 is 24.1 Å². The maximum absolute atomic E-state index is 11.7. The standard InChI is InChI=1S/C31H34N6O5/c1-4-40-24-12-7-15-33-29(24)42-23-11-8-16-37(20-23)27-19-32-18-26(35-27)34-25-13-6-14-28(36-25)41-22-10-5-9-21(17-22)31(2,3)30(38)39/h5-7,9-10,12-15,17-19,23H,4,8,11,16,20H2,1-3H3,(H,38,39)(H,34,35,36). The van der Waals surface area contributed by atoms with Crippen LogP contribution in [0, 0.1) is 0 Å². The Morgan fingerprint density at radius 3 is 2.79 bits per heavy atom. The quantitative estimate of drug-likeness (QED) is 0.233. The van der Waals surface area contributed by atoms with Crippen LogP contribution in [-0.4, -0.2) is 56.8 Å². The fourth-order valence-electron chi connectivity index (χ4n) is 4.56. The first kappa shape index (κ1) is 28.6. The number of ether oxygens (including phenoxy) is 3. The molecule has 218 valence electrons. The molecule has 0 spiro atoms. The molecule has 1 aromatic carbocycles. The zero-order valence-electron chi connectivity index (χ0n) is 23.9. The van der Waals surface area contributed by atoms with Gasteiger partial charge in [-0.1, -0.05) is 18.2 Å². The van der Waals surface area contributed by atoms with E-state index in [1.54, 1.807) is 68.8 Å². The second kappa shape index (κ2) is 12.7. The van der Waals surface area contributed by atoms with Crippen molar-refractivity contribution >= 4 is 23.4 Å². The lowest BCUT2D eigenvalue weighted by Crippen LogP contribution is -2.41. The summed E-state index contributed by atoms with van der Waals surface area (Å²) in [6, 6.07) is 16.1. The van der Waals surface area contributed by atoms with Crippen molar-refractivity contribution in [2.75, 3.05) is 29.9 Å². The lowest BCUT2D eigenvalue weighted by Gasteiger charge is -2.33. The Hall–Kier alpha value is -4.93. The summed E-state index contributed by atoms with van der Waals surface area (Å²) in [5, 5.41) is 12.8. The first-order valence-electron chi connectivity index (χ1n) is 13.9. The first-order chi connectivity index (χ1) is 20.3. The first-order valence-corrected chi connectivity index (χ1v) is 13.9. The fourth-order valence-corrected chi connectivity index (χ4v) is 4.56. The molecule has 1 atom stereocenters. The van der Waals surface area contributed by atoms with Gasteiger partial charge in [0.05, 0.1) is 31.0 Å². The van der Waals surface area contributed by atoms with Gasteiger partial charge in [0.1, 0.15) is 23.5 Å². The number of piperidine rings is 1. The summed E-state index contributed by atoms with van der Waals surface area (Å²) in [5.41, 5.74) is -0.417. The van der Waals surface area contributed by atoms with E-state index in [2.05, 4.69) is 25.2 Å². The number of aromatic nitrogens is 4. The van der Waals surface area contributed by atoms with Crippen molar-refractivity contribution in [3.05, 3.63) is 78.8 Å². The lowest BCUT2D eigenvalue weighted by molar-refractivity contribution is -0.142. The molecule has 0 saturated carbocycles. The van der Waals surface area contributed by atoms with Crippen molar-refractivity contribution in [3.63, 3.8) is 0 Å². The smallest absolute Gasteiger partial charge is 0.313 e. The molecule has 5 rings (SSSR count). The highest BCUT2D eigenvalue weighted by molar-refractivity contribution is 5.80. The van der Waals surface area contributed by atoms with Gasteiger partial charge in [0.15, 0.2) is 11.6 Å². The topological polar surface area (TPSA) is 132 Å². The maximum atomic E-state index is 11.7. The Bertz CT molecular complexity index is 1530. The van der Waals surface area contributed by atoms with Crippen LogP contribution in [-0.2, 0) is 10.2 Å². The Balaban J connectivity index is 1.25. The molecule has 4 aromatic rings. The van der Waals surface area contributed by atoms with Crippen molar-refractivity contribution in [3.8, 4) is 23.3 Å². The largest absolute Gasteiger partial charge is 0.488 e. The van der Waals surface area contributed by atoms with E-state index in [1.807, 2.05) is 25.1 Å². The van der Waals surface area contributed by atoms with Crippen molar-refractivity contribution in [2.24, 2.45) is 0 Å². The summed E-state index contributed by atoms with van der Waals surface area (Å²) >= 11 is 0. The molecule has 0 aliphatic carbocycles. The number of aliphatic carboxylic acids is 1. The highest BCUT2D eigenvalue weighted by Crippen LogP contribution is 2.30. The third kappa shape index (κ3) is 6.85. The van der Waals surface area contributed by atoms with Gasteiger partial charge in [0.25, 0.3) is 5.88 Å². The zero-order valence-corrected chi connectivity index (χ0v) is 23.9. The fraction of sp³-hybridized carbons (Fsp3) is 0.323. The summed E-state index contributed by atoms with van der Waals surface area (Å²) in [6.45, 7) is 7.25. The number of carbonyl (C=O) groups is 1. The number of carboxylic acid groups (broad SMARTS) is 1. The van der Waals surface area contributed by atoms with E-state index in [0.717, 1.165) is 25.2 Å². The van der Waals surface area contributed by atoms with Gasteiger partial charge in [-0.25, -0.2) is 9.97 Å². The van der Waals surface area contributed by atoms with Gasteiger partial charge in [0.2, 0.25) is 5.88 Å².